The van der Waals surface area contributed by atoms with Crippen molar-refractivity contribution in [3.8, 4) is 0 Å². The fraction of sp³-hybridized carbons (Fsp3) is 0.318. The summed E-state index contributed by atoms with van der Waals surface area (Å²) in [6, 6.07) is 15.4. The lowest BCUT2D eigenvalue weighted by Crippen LogP contribution is -2.43. The third-order valence-corrected chi connectivity index (χ3v) is 4.81. The molecular formula is C22H25N3O2. The summed E-state index contributed by atoms with van der Waals surface area (Å²) < 4.78 is 0. The summed E-state index contributed by atoms with van der Waals surface area (Å²) in [6.07, 6.45) is 3.27. The van der Waals surface area contributed by atoms with E-state index in [4.69, 9.17) is 0 Å². The quantitative estimate of drug-likeness (QED) is 0.843. The summed E-state index contributed by atoms with van der Waals surface area (Å²) >= 11 is 0. The summed E-state index contributed by atoms with van der Waals surface area (Å²) in [5.74, 6) is 0.232. The molecule has 0 radical (unpaired) electrons. The third-order valence-electron chi connectivity index (χ3n) is 4.81. The van der Waals surface area contributed by atoms with Gasteiger partial charge in [0, 0.05) is 24.9 Å². The average Bonchev–Trinajstić information content (AvgIpc) is 2.68. The molecule has 27 heavy (non-hydrogen) atoms. The highest BCUT2D eigenvalue weighted by atomic mass is 16.2. The number of anilines is 1. The first kappa shape index (κ1) is 18.8. The number of hydrogen-bond donors (Lipinski definition) is 1. The Kier molecular flexibility index (Phi) is 6.01. The second-order valence-electron chi connectivity index (χ2n) is 6.97. The number of nitrogens with zero attached hydrogens (tertiary/aromatic N) is 2. The van der Waals surface area contributed by atoms with E-state index < -0.39 is 0 Å². The molecule has 0 aliphatic carbocycles. The molecule has 1 N–H and O–H groups in total. The van der Waals surface area contributed by atoms with Crippen LogP contribution in [0.15, 0.2) is 54.6 Å². The number of carbonyl (C=O) groups is 2. The molecule has 0 spiro atoms. The normalized spacial score (nSPS) is 17.5. The summed E-state index contributed by atoms with van der Waals surface area (Å²) in [7, 11) is 0. The second-order valence-corrected chi connectivity index (χ2v) is 6.97. The van der Waals surface area contributed by atoms with Gasteiger partial charge in [-0.1, -0.05) is 36.4 Å². The zero-order chi connectivity index (χ0) is 19.2. The number of piperidine rings is 1. The number of nitrogens with one attached hydrogen (secondary N) is 1. The average molecular weight is 363 g/mol. The van der Waals surface area contributed by atoms with E-state index in [-0.39, 0.29) is 17.7 Å². The van der Waals surface area contributed by atoms with Crippen LogP contribution in [0.1, 0.15) is 31.0 Å². The highest BCUT2D eigenvalue weighted by molar-refractivity contribution is 5.96. The Morgan fingerprint density at radius 2 is 1.93 bits per heavy atom. The SMILES string of the molecule is C/C(=C/C(=O)N1CCCC(C(=O)Nc2cccc(C)n2)C1)c1ccccc1. The van der Waals surface area contributed by atoms with Crippen molar-refractivity contribution in [2.45, 2.75) is 26.7 Å². The Hall–Kier alpha value is -2.95. The highest BCUT2D eigenvalue weighted by Crippen LogP contribution is 2.20. The number of aromatic nitrogens is 1. The molecule has 5 heteroatoms. The van der Waals surface area contributed by atoms with Gasteiger partial charge in [-0.05, 0) is 50.0 Å². The van der Waals surface area contributed by atoms with Crippen LogP contribution in [0.2, 0.25) is 0 Å². The van der Waals surface area contributed by atoms with Crippen LogP contribution in [0.3, 0.4) is 0 Å². The molecule has 3 rings (SSSR count). The van der Waals surface area contributed by atoms with Gasteiger partial charge < -0.3 is 10.2 Å². The van der Waals surface area contributed by atoms with Crippen molar-refractivity contribution in [1.29, 1.82) is 0 Å². The molecule has 1 aliphatic rings. The topological polar surface area (TPSA) is 62.3 Å². The molecule has 2 amide bonds. The summed E-state index contributed by atoms with van der Waals surface area (Å²) in [6.45, 7) is 4.95. The third kappa shape index (κ3) is 5.03. The number of pyridine rings is 1. The first-order chi connectivity index (χ1) is 13.0. The molecule has 1 unspecified atom stereocenters. The minimum Gasteiger partial charge on any atom is -0.338 e. The van der Waals surface area contributed by atoms with E-state index in [1.165, 1.54) is 0 Å². The van der Waals surface area contributed by atoms with Crippen LogP contribution in [-0.4, -0.2) is 34.8 Å². The Morgan fingerprint density at radius 1 is 1.15 bits per heavy atom. The predicted molar refractivity (Wildman–Crippen MR) is 107 cm³/mol. The summed E-state index contributed by atoms with van der Waals surface area (Å²) in [4.78, 5) is 31.3. The maximum Gasteiger partial charge on any atom is 0.246 e. The number of rotatable bonds is 4. The molecule has 2 aromatic rings. The van der Waals surface area contributed by atoms with Gasteiger partial charge >= 0.3 is 0 Å². The van der Waals surface area contributed by atoms with Crippen molar-refractivity contribution in [1.82, 2.24) is 9.88 Å². The molecular weight excluding hydrogens is 338 g/mol. The molecule has 2 heterocycles. The number of carbonyl (C=O) groups excluding carboxylic acids is 2. The molecule has 1 aliphatic heterocycles. The number of aryl methyl sites for hydroxylation is 1. The second kappa shape index (κ2) is 8.62. The maximum atomic E-state index is 12.7. The van der Waals surface area contributed by atoms with Gasteiger partial charge in [0.05, 0.1) is 5.92 Å². The van der Waals surface area contributed by atoms with Gasteiger partial charge in [0.25, 0.3) is 0 Å². The van der Waals surface area contributed by atoms with Crippen molar-refractivity contribution < 1.29 is 9.59 Å². The molecule has 0 saturated carbocycles. The fourth-order valence-corrected chi connectivity index (χ4v) is 3.29. The number of likely N-dealkylation sites (tertiary alicyclic amines) is 1. The minimum atomic E-state index is -0.213. The predicted octanol–water partition coefficient (Wildman–Crippen LogP) is 3.67. The van der Waals surface area contributed by atoms with Gasteiger partial charge in [0.1, 0.15) is 5.82 Å². The van der Waals surface area contributed by atoms with E-state index in [1.54, 1.807) is 17.0 Å². The molecule has 1 fully saturated rings. The molecule has 1 saturated heterocycles. The van der Waals surface area contributed by atoms with Crippen LogP contribution < -0.4 is 5.32 Å². The smallest absolute Gasteiger partial charge is 0.246 e. The lowest BCUT2D eigenvalue weighted by Gasteiger charge is -2.31. The molecule has 1 aromatic carbocycles. The number of allylic oxidation sites excluding steroid dienone is 1. The fourth-order valence-electron chi connectivity index (χ4n) is 3.29. The van der Waals surface area contributed by atoms with E-state index in [0.717, 1.165) is 29.7 Å². The van der Waals surface area contributed by atoms with Gasteiger partial charge in [-0.15, -0.1) is 0 Å². The first-order valence-electron chi connectivity index (χ1n) is 9.30. The zero-order valence-corrected chi connectivity index (χ0v) is 15.8. The van der Waals surface area contributed by atoms with Crippen molar-refractivity contribution in [3.05, 3.63) is 65.9 Å². The van der Waals surface area contributed by atoms with E-state index in [9.17, 15) is 9.59 Å². The van der Waals surface area contributed by atoms with Crippen molar-refractivity contribution in [2.75, 3.05) is 18.4 Å². The Morgan fingerprint density at radius 3 is 2.67 bits per heavy atom. The van der Waals surface area contributed by atoms with Gasteiger partial charge in [0.2, 0.25) is 11.8 Å². The number of benzene rings is 1. The van der Waals surface area contributed by atoms with Crippen molar-refractivity contribution in [3.63, 3.8) is 0 Å². The lowest BCUT2D eigenvalue weighted by atomic mass is 9.96. The van der Waals surface area contributed by atoms with Crippen molar-refractivity contribution in [2.24, 2.45) is 5.92 Å². The Labute approximate surface area is 160 Å². The largest absolute Gasteiger partial charge is 0.338 e. The molecule has 0 bridgehead atoms. The van der Waals surface area contributed by atoms with Crippen LogP contribution in [0.5, 0.6) is 0 Å². The van der Waals surface area contributed by atoms with Gasteiger partial charge in [0.15, 0.2) is 0 Å². The van der Waals surface area contributed by atoms with Crippen molar-refractivity contribution >= 4 is 23.2 Å². The molecule has 140 valence electrons. The standard InChI is InChI=1S/C22H25N3O2/c1-16(18-9-4-3-5-10-18)14-21(26)25-13-7-11-19(15-25)22(27)24-20-12-6-8-17(2)23-20/h3-6,8-10,12,14,19H,7,11,13,15H2,1-2H3,(H,23,24,27)/b16-14-. The number of hydrogen-bond acceptors (Lipinski definition) is 3. The molecule has 5 nitrogen and oxygen atoms in total. The number of amides is 2. The van der Waals surface area contributed by atoms with Gasteiger partial charge in [-0.3, -0.25) is 9.59 Å². The highest BCUT2D eigenvalue weighted by Gasteiger charge is 2.28. The lowest BCUT2D eigenvalue weighted by molar-refractivity contribution is -0.130. The zero-order valence-electron chi connectivity index (χ0n) is 15.8. The Balaban J connectivity index is 1.63. The molecule has 1 aromatic heterocycles. The van der Waals surface area contributed by atoms with Crippen LogP contribution in [0.25, 0.3) is 5.57 Å². The van der Waals surface area contributed by atoms with Crippen LogP contribution in [0, 0.1) is 12.8 Å². The maximum absolute atomic E-state index is 12.7. The van der Waals surface area contributed by atoms with E-state index in [0.29, 0.717) is 18.9 Å². The Bertz CT molecular complexity index is 846. The summed E-state index contributed by atoms with van der Waals surface area (Å²) in [5, 5.41) is 2.88. The van der Waals surface area contributed by atoms with E-state index in [2.05, 4.69) is 10.3 Å². The van der Waals surface area contributed by atoms with E-state index >= 15 is 0 Å². The summed E-state index contributed by atoms with van der Waals surface area (Å²) in [5.41, 5.74) is 2.81. The first-order valence-corrected chi connectivity index (χ1v) is 9.30. The van der Waals surface area contributed by atoms with E-state index in [1.807, 2.05) is 56.3 Å². The van der Waals surface area contributed by atoms with Crippen LogP contribution >= 0.6 is 0 Å². The van der Waals surface area contributed by atoms with Gasteiger partial charge in [-0.2, -0.15) is 0 Å². The van der Waals surface area contributed by atoms with Crippen LogP contribution in [0.4, 0.5) is 5.82 Å². The molecule has 1 atom stereocenters. The monoisotopic (exact) mass is 363 g/mol. The van der Waals surface area contributed by atoms with Gasteiger partial charge in [-0.25, -0.2) is 4.98 Å². The van der Waals surface area contributed by atoms with Crippen LogP contribution in [-0.2, 0) is 9.59 Å². The minimum absolute atomic E-state index is 0.0393.